The predicted octanol–water partition coefficient (Wildman–Crippen LogP) is 2.64. The van der Waals surface area contributed by atoms with Gasteiger partial charge in [0.15, 0.2) is 0 Å². The van der Waals surface area contributed by atoms with Crippen molar-refractivity contribution in [2.24, 2.45) is 0 Å². The third-order valence-corrected chi connectivity index (χ3v) is 4.32. The first-order chi connectivity index (χ1) is 10.6. The molecule has 0 bridgehead atoms. The molecule has 0 spiro atoms. The summed E-state index contributed by atoms with van der Waals surface area (Å²) in [5.74, 6) is 0.0643. The average Bonchev–Trinajstić information content (AvgIpc) is 2.86. The number of H-pyrrole nitrogens is 1. The van der Waals surface area contributed by atoms with E-state index in [9.17, 15) is 4.79 Å². The summed E-state index contributed by atoms with van der Waals surface area (Å²) in [5, 5.41) is 7.72. The second-order valence-electron chi connectivity index (χ2n) is 5.57. The van der Waals surface area contributed by atoms with Gasteiger partial charge in [-0.05, 0) is 32.0 Å². The Balaban J connectivity index is 1.68. The molecular weight excluding hydrogens is 300 g/mol. The summed E-state index contributed by atoms with van der Waals surface area (Å²) in [7, 11) is 0. The van der Waals surface area contributed by atoms with E-state index in [2.05, 4.69) is 15.1 Å². The molecule has 22 heavy (non-hydrogen) atoms. The molecule has 6 heteroatoms. The molecule has 1 saturated heterocycles. The Morgan fingerprint density at radius 2 is 1.95 bits per heavy atom. The second-order valence-corrected chi connectivity index (χ2v) is 6.00. The van der Waals surface area contributed by atoms with Crippen molar-refractivity contribution < 1.29 is 4.79 Å². The zero-order valence-electron chi connectivity index (χ0n) is 12.8. The summed E-state index contributed by atoms with van der Waals surface area (Å²) in [6, 6.07) is 7.83. The van der Waals surface area contributed by atoms with Crippen molar-refractivity contribution in [1.82, 2.24) is 15.1 Å². The fraction of sp³-hybridized carbons (Fsp3) is 0.375. The zero-order chi connectivity index (χ0) is 15.7. The summed E-state index contributed by atoms with van der Waals surface area (Å²) in [5.41, 5.74) is 3.41. The van der Waals surface area contributed by atoms with Gasteiger partial charge >= 0.3 is 0 Å². The molecule has 1 aliphatic rings. The molecule has 2 aromatic rings. The van der Waals surface area contributed by atoms with Crippen LogP contribution in [0.2, 0.25) is 5.02 Å². The molecule has 1 aliphatic heterocycles. The normalized spacial score (nSPS) is 15.2. The molecule has 1 aromatic carbocycles. The Hall–Kier alpha value is -2.01. The minimum atomic E-state index is 0.0643. The zero-order valence-corrected chi connectivity index (χ0v) is 13.5. The largest absolute Gasteiger partial charge is 0.368 e. The summed E-state index contributed by atoms with van der Waals surface area (Å²) in [6.45, 7) is 6.77. The van der Waals surface area contributed by atoms with Crippen LogP contribution in [0, 0.1) is 13.8 Å². The molecule has 0 atom stereocenters. The number of hydrogen-bond donors (Lipinski definition) is 1. The molecule has 2 heterocycles. The molecule has 1 N–H and O–H groups in total. The van der Waals surface area contributed by atoms with Gasteiger partial charge in [0.05, 0.1) is 11.3 Å². The SMILES string of the molecule is Cc1n[nH]c(C)c1C(=O)N1CCN(c2cccc(Cl)c2)CC1. The lowest BCUT2D eigenvalue weighted by molar-refractivity contribution is 0.0745. The number of aromatic amines is 1. The summed E-state index contributed by atoms with van der Waals surface area (Å²) < 4.78 is 0. The van der Waals surface area contributed by atoms with E-state index in [1.807, 2.05) is 43.0 Å². The monoisotopic (exact) mass is 318 g/mol. The van der Waals surface area contributed by atoms with Gasteiger partial charge in [0.1, 0.15) is 0 Å². The maximum atomic E-state index is 12.6. The molecule has 0 saturated carbocycles. The van der Waals surface area contributed by atoms with Crippen LogP contribution < -0.4 is 4.90 Å². The molecule has 116 valence electrons. The van der Waals surface area contributed by atoms with Crippen LogP contribution in [0.3, 0.4) is 0 Å². The number of halogens is 1. The van der Waals surface area contributed by atoms with E-state index in [-0.39, 0.29) is 5.91 Å². The number of piperazine rings is 1. The number of hydrogen-bond acceptors (Lipinski definition) is 3. The van der Waals surface area contributed by atoms with Gasteiger partial charge in [-0.2, -0.15) is 5.10 Å². The lowest BCUT2D eigenvalue weighted by Gasteiger charge is -2.36. The van der Waals surface area contributed by atoms with Crippen LogP contribution in [-0.2, 0) is 0 Å². The van der Waals surface area contributed by atoms with Gasteiger partial charge in [-0.3, -0.25) is 9.89 Å². The van der Waals surface area contributed by atoms with Crippen LogP contribution in [0.4, 0.5) is 5.69 Å². The minimum absolute atomic E-state index is 0.0643. The molecule has 3 rings (SSSR count). The Morgan fingerprint density at radius 3 is 2.55 bits per heavy atom. The highest BCUT2D eigenvalue weighted by molar-refractivity contribution is 6.30. The van der Waals surface area contributed by atoms with Gasteiger partial charge in [0.25, 0.3) is 5.91 Å². The van der Waals surface area contributed by atoms with E-state index in [0.717, 1.165) is 35.2 Å². The van der Waals surface area contributed by atoms with Crippen molar-refractivity contribution in [2.45, 2.75) is 13.8 Å². The van der Waals surface area contributed by atoms with Crippen LogP contribution in [0.25, 0.3) is 0 Å². The van der Waals surface area contributed by atoms with Crippen molar-refractivity contribution in [1.29, 1.82) is 0 Å². The third-order valence-electron chi connectivity index (χ3n) is 4.08. The highest BCUT2D eigenvalue weighted by Crippen LogP contribution is 2.22. The van der Waals surface area contributed by atoms with Gasteiger partial charge in [0.2, 0.25) is 0 Å². The van der Waals surface area contributed by atoms with E-state index in [4.69, 9.17) is 11.6 Å². The van der Waals surface area contributed by atoms with Gasteiger partial charge in [-0.1, -0.05) is 17.7 Å². The fourth-order valence-electron chi connectivity index (χ4n) is 2.86. The highest BCUT2D eigenvalue weighted by Gasteiger charge is 2.25. The molecule has 0 unspecified atom stereocenters. The third kappa shape index (κ3) is 2.81. The van der Waals surface area contributed by atoms with Crippen molar-refractivity contribution in [3.05, 3.63) is 46.2 Å². The number of rotatable bonds is 2. The van der Waals surface area contributed by atoms with Crippen LogP contribution >= 0.6 is 11.6 Å². The van der Waals surface area contributed by atoms with Gasteiger partial charge in [0, 0.05) is 42.6 Å². The fourth-order valence-corrected chi connectivity index (χ4v) is 3.05. The van der Waals surface area contributed by atoms with Gasteiger partial charge in [-0.25, -0.2) is 0 Å². The molecular formula is C16H19ClN4O. The number of amides is 1. The molecule has 0 aliphatic carbocycles. The molecule has 1 aromatic heterocycles. The van der Waals surface area contributed by atoms with E-state index in [1.54, 1.807) is 0 Å². The van der Waals surface area contributed by atoms with Crippen LogP contribution in [0.1, 0.15) is 21.7 Å². The van der Waals surface area contributed by atoms with Crippen molar-refractivity contribution >= 4 is 23.2 Å². The molecule has 1 amide bonds. The number of anilines is 1. The minimum Gasteiger partial charge on any atom is -0.368 e. The van der Waals surface area contributed by atoms with Gasteiger partial charge in [-0.15, -0.1) is 0 Å². The second kappa shape index (κ2) is 6.01. The quantitative estimate of drug-likeness (QED) is 0.926. The lowest BCUT2D eigenvalue weighted by Crippen LogP contribution is -2.49. The smallest absolute Gasteiger partial charge is 0.257 e. The average molecular weight is 319 g/mol. The standard InChI is InChI=1S/C16H19ClN4O/c1-11-15(12(2)19-18-11)16(22)21-8-6-20(7-9-21)14-5-3-4-13(17)10-14/h3-5,10H,6-9H2,1-2H3,(H,18,19). The van der Waals surface area contributed by atoms with Crippen LogP contribution in [0.5, 0.6) is 0 Å². The van der Waals surface area contributed by atoms with Crippen molar-refractivity contribution in [3.8, 4) is 0 Å². The maximum absolute atomic E-state index is 12.6. The van der Waals surface area contributed by atoms with E-state index in [1.165, 1.54) is 0 Å². The van der Waals surface area contributed by atoms with E-state index < -0.39 is 0 Å². The van der Waals surface area contributed by atoms with Crippen molar-refractivity contribution in [3.63, 3.8) is 0 Å². The van der Waals surface area contributed by atoms with Crippen LogP contribution in [-0.4, -0.2) is 47.2 Å². The van der Waals surface area contributed by atoms with E-state index in [0.29, 0.717) is 18.7 Å². The molecule has 1 fully saturated rings. The number of nitrogens with zero attached hydrogens (tertiary/aromatic N) is 3. The first-order valence-electron chi connectivity index (χ1n) is 7.37. The Labute approximate surface area is 134 Å². The predicted molar refractivity (Wildman–Crippen MR) is 87.6 cm³/mol. The molecule has 5 nitrogen and oxygen atoms in total. The number of carbonyl (C=O) groups is 1. The maximum Gasteiger partial charge on any atom is 0.257 e. The summed E-state index contributed by atoms with van der Waals surface area (Å²) >= 11 is 6.04. The number of aromatic nitrogens is 2. The van der Waals surface area contributed by atoms with Crippen molar-refractivity contribution in [2.75, 3.05) is 31.1 Å². The Morgan fingerprint density at radius 1 is 1.23 bits per heavy atom. The Kier molecular flexibility index (Phi) is 4.07. The Bertz CT molecular complexity index is 670. The topological polar surface area (TPSA) is 52.2 Å². The number of nitrogens with one attached hydrogen (secondary N) is 1. The number of benzene rings is 1. The summed E-state index contributed by atoms with van der Waals surface area (Å²) in [6.07, 6.45) is 0. The highest BCUT2D eigenvalue weighted by atomic mass is 35.5. The molecule has 0 radical (unpaired) electrons. The number of aryl methyl sites for hydroxylation is 2. The van der Waals surface area contributed by atoms with Crippen LogP contribution in [0.15, 0.2) is 24.3 Å². The number of carbonyl (C=O) groups excluding carboxylic acids is 1. The summed E-state index contributed by atoms with van der Waals surface area (Å²) in [4.78, 5) is 16.8. The first kappa shape index (κ1) is 14.9. The first-order valence-corrected chi connectivity index (χ1v) is 7.75. The van der Waals surface area contributed by atoms with E-state index >= 15 is 0 Å². The lowest BCUT2D eigenvalue weighted by atomic mass is 10.1. The van der Waals surface area contributed by atoms with Gasteiger partial charge < -0.3 is 9.80 Å².